The van der Waals surface area contributed by atoms with Crippen LogP contribution in [0.15, 0.2) is 28.8 Å². The van der Waals surface area contributed by atoms with Gasteiger partial charge in [0, 0.05) is 0 Å². The van der Waals surface area contributed by atoms with Crippen molar-refractivity contribution < 1.29 is 17.3 Å². The predicted octanol–water partition coefficient (Wildman–Crippen LogP) is 2.58. The number of benzene rings is 1. The average Bonchev–Trinajstić information content (AvgIpc) is 3.07. The van der Waals surface area contributed by atoms with Crippen molar-refractivity contribution >= 4 is 9.84 Å². The zero-order valence-electron chi connectivity index (χ0n) is 12.5. The van der Waals surface area contributed by atoms with Gasteiger partial charge in [0.25, 0.3) is 0 Å². The summed E-state index contributed by atoms with van der Waals surface area (Å²) in [4.78, 5) is 4.51. The third kappa shape index (κ3) is 2.47. The van der Waals surface area contributed by atoms with Crippen LogP contribution in [0, 0.1) is 5.82 Å². The molecule has 0 amide bonds. The second kappa shape index (κ2) is 5.12. The summed E-state index contributed by atoms with van der Waals surface area (Å²) in [5, 5.41) is 4.13. The molecule has 1 saturated carbocycles. The van der Waals surface area contributed by atoms with E-state index in [1.165, 1.54) is 12.1 Å². The summed E-state index contributed by atoms with van der Waals surface area (Å²) in [6, 6.07) is 6.43. The lowest BCUT2D eigenvalue weighted by Crippen LogP contribution is -2.36. The number of hydrogen-bond donors (Lipinski definition) is 0. The Bertz CT molecular complexity index is 825. The van der Waals surface area contributed by atoms with Crippen LogP contribution in [-0.4, -0.2) is 30.1 Å². The summed E-state index contributed by atoms with van der Waals surface area (Å²) in [7, 11) is -2.99. The third-order valence-corrected chi connectivity index (χ3v) is 6.82. The fourth-order valence-corrected chi connectivity index (χ4v) is 5.26. The van der Waals surface area contributed by atoms with E-state index in [4.69, 9.17) is 4.52 Å². The van der Waals surface area contributed by atoms with E-state index in [0.717, 1.165) is 24.8 Å². The van der Waals surface area contributed by atoms with Crippen molar-refractivity contribution in [3.05, 3.63) is 47.4 Å². The zero-order valence-corrected chi connectivity index (χ0v) is 13.4. The molecule has 1 atom stereocenters. The summed E-state index contributed by atoms with van der Waals surface area (Å²) in [5.74, 6) is 0.792. The van der Waals surface area contributed by atoms with Crippen LogP contribution in [0.3, 0.4) is 0 Å². The van der Waals surface area contributed by atoms with E-state index in [0.29, 0.717) is 18.1 Å². The lowest BCUT2D eigenvalue weighted by atomic mass is 9.64. The van der Waals surface area contributed by atoms with E-state index in [1.54, 1.807) is 12.1 Å². The molecule has 23 heavy (non-hydrogen) atoms. The summed E-state index contributed by atoms with van der Waals surface area (Å²) in [6.45, 7) is 0. The Morgan fingerprint density at radius 3 is 2.52 bits per heavy atom. The molecule has 7 heteroatoms. The van der Waals surface area contributed by atoms with Crippen LogP contribution in [-0.2, 0) is 15.3 Å². The normalized spacial score (nSPS) is 25.2. The van der Waals surface area contributed by atoms with Gasteiger partial charge in [-0.15, -0.1) is 0 Å². The first kappa shape index (κ1) is 14.8. The molecule has 0 radical (unpaired) electrons. The van der Waals surface area contributed by atoms with Crippen LogP contribution in [0.4, 0.5) is 4.39 Å². The Morgan fingerprint density at radius 2 is 1.96 bits per heavy atom. The van der Waals surface area contributed by atoms with Gasteiger partial charge >= 0.3 is 0 Å². The number of nitrogens with zero attached hydrogens (tertiary/aromatic N) is 2. The molecule has 2 fully saturated rings. The van der Waals surface area contributed by atoms with Gasteiger partial charge in [-0.05, 0) is 37.0 Å². The molecule has 2 aromatic rings. The van der Waals surface area contributed by atoms with Crippen LogP contribution >= 0.6 is 0 Å². The SMILES string of the molecule is O=S1(=O)CCC(c2nc(C3(c4ccc(F)cc4)CCC3)no2)C1. The average molecular weight is 336 g/mol. The molecule has 0 spiro atoms. The van der Waals surface area contributed by atoms with Gasteiger partial charge < -0.3 is 4.52 Å². The molecule has 122 valence electrons. The lowest BCUT2D eigenvalue weighted by Gasteiger charge is -2.39. The largest absolute Gasteiger partial charge is 0.339 e. The van der Waals surface area contributed by atoms with Gasteiger partial charge in [-0.1, -0.05) is 23.7 Å². The zero-order chi connectivity index (χ0) is 16.1. The van der Waals surface area contributed by atoms with Gasteiger partial charge in [0.15, 0.2) is 15.7 Å². The molecular weight excluding hydrogens is 319 g/mol. The summed E-state index contributed by atoms with van der Waals surface area (Å²) in [6.07, 6.45) is 3.37. The van der Waals surface area contributed by atoms with Crippen molar-refractivity contribution in [2.24, 2.45) is 0 Å². The van der Waals surface area contributed by atoms with Gasteiger partial charge in [0.1, 0.15) is 5.82 Å². The molecule has 2 heterocycles. The van der Waals surface area contributed by atoms with Crippen molar-refractivity contribution in [1.82, 2.24) is 10.1 Å². The van der Waals surface area contributed by atoms with E-state index in [2.05, 4.69) is 10.1 Å². The minimum Gasteiger partial charge on any atom is -0.339 e. The van der Waals surface area contributed by atoms with Crippen LogP contribution in [0.1, 0.15) is 48.9 Å². The predicted molar refractivity (Wildman–Crippen MR) is 81.3 cm³/mol. The molecule has 0 N–H and O–H groups in total. The van der Waals surface area contributed by atoms with Crippen LogP contribution in [0.5, 0.6) is 0 Å². The fourth-order valence-electron chi connectivity index (χ4n) is 3.53. The van der Waals surface area contributed by atoms with E-state index in [1.807, 2.05) is 0 Å². The van der Waals surface area contributed by atoms with Crippen LogP contribution in [0.2, 0.25) is 0 Å². The van der Waals surface area contributed by atoms with E-state index >= 15 is 0 Å². The minimum atomic E-state index is -2.99. The molecule has 4 rings (SSSR count). The van der Waals surface area contributed by atoms with E-state index < -0.39 is 9.84 Å². The molecule has 1 aliphatic heterocycles. The third-order valence-electron chi connectivity index (χ3n) is 5.06. The topological polar surface area (TPSA) is 73.1 Å². The smallest absolute Gasteiger partial charge is 0.230 e. The fraction of sp³-hybridized carbons (Fsp3) is 0.500. The highest BCUT2D eigenvalue weighted by Crippen LogP contribution is 2.48. The van der Waals surface area contributed by atoms with E-state index in [-0.39, 0.29) is 28.7 Å². The first-order chi connectivity index (χ1) is 11.0. The standard InChI is InChI=1S/C16H17FN2O3S/c17-13-4-2-12(3-5-13)16(7-1-8-16)15-18-14(22-19-15)11-6-9-23(20,21)10-11/h2-5,11H,1,6-10H2. The molecule has 1 aromatic carbocycles. The van der Waals surface area contributed by atoms with Crippen molar-refractivity contribution in [3.8, 4) is 0 Å². The number of rotatable bonds is 3. The maximum absolute atomic E-state index is 13.2. The maximum Gasteiger partial charge on any atom is 0.230 e. The highest BCUT2D eigenvalue weighted by Gasteiger charge is 2.45. The van der Waals surface area contributed by atoms with Crippen molar-refractivity contribution in [1.29, 1.82) is 0 Å². The monoisotopic (exact) mass is 336 g/mol. The first-order valence-corrected chi connectivity index (χ1v) is 9.61. The Hall–Kier alpha value is -1.76. The lowest BCUT2D eigenvalue weighted by molar-refractivity contribution is 0.270. The van der Waals surface area contributed by atoms with Crippen LogP contribution in [0.25, 0.3) is 0 Å². The summed E-state index contributed by atoms with van der Waals surface area (Å²) in [5.41, 5.74) is 0.656. The molecule has 2 aliphatic rings. The van der Waals surface area contributed by atoms with Crippen LogP contribution < -0.4 is 0 Å². The number of sulfone groups is 1. The molecule has 1 aliphatic carbocycles. The van der Waals surface area contributed by atoms with Gasteiger partial charge in [-0.2, -0.15) is 4.98 Å². The van der Waals surface area contributed by atoms with Gasteiger partial charge in [-0.25, -0.2) is 12.8 Å². The summed E-state index contributed by atoms with van der Waals surface area (Å²) >= 11 is 0. The van der Waals surface area contributed by atoms with E-state index in [9.17, 15) is 12.8 Å². The molecule has 1 unspecified atom stereocenters. The molecule has 1 saturated heterocycles. The van der Waals surface area contributed by atoms with Crippen molar-refractivity contribution in [2.75, 3.05) is 11.5 Å². The van der Waals surface area contributed by atoms with Gasteiger partial charge in [0.2, 0.25) is 5.89 Å². The molecule has 5 nitrogen and oxygen atoms in total. The highest BCUT2D eigenvalue weighted by atomic mass is 32.2. The Kier molecular flexibility index (Phi) is 3.30. The number of halogens is 1. The Labute approximate surface area is 133 Å². The minimum absolute atomic E-state index is 0.0815. The maximum atomic E-state index is 13.2. The van der Waals surface area contributed by atoms with Crippen molar-refractivity contribution in [3.63, 3.8) is 0 Å². The Morgan fingerprint density at radius 1 is 1.22 bits per heavy atom. The molecular formula is C16H17FN2O3S. The molecule has 0 bridgehead atoms. The van der Waals surface area contributed by atoms with Gasteiger partial charge in [-0.3, -0.25) is 0 Å². The first-order valence-electron chi connectivity index (χ1n) is 7.79. The number of hydrogen-bond acceptors (Lipinski definition) is 5. The molecule has 1 aromatic heterocycles. The van der Waals surface area contributed by atoms with Crippen molar-refractivity contribution in [2.45, 2.75) is 37.0 Å². The summed E-state index contributed by atoms with van der Waals surface area (Å²) < 4.78 is 41.8. The number of aromatic nitrogens is 2. The Balaban J connectivity index is 1.66. The van der Waals surface area contributed by atoms with Gasteiger partial charge in [0.05, 0.1) is 22.8 Å². The highest BCUT2D eigenvalue weighted by molar-refractivity contribution is 7.91. The second-order valence-corrected chi connectivity index (χ2v) is 8.73. The second-order valence-electron chi connectivity index (χ2n) is 6.50. The quantitative estimate of drug-likeness (QED) is 0.861.